The lowest BCUT2D eigenvalue weighted by Crippen LogP contribution is -2.08. The van der Waals surface area contributed by atoms with Gasteiger partial charge in [-0.15, -0.1) is 0 Å². The van der Waals surface area contributed by atoms with Crippen molar-refractivity contribution in [1.29, 1.82) is 0 Å². The standard InChI is InChI=1S/C8H8F3N5/c1-3-13-6(12)4-5(8(9,10)11)15-16(2)7(4)14-3/h1-2H3,(H2,12,13,14). The minimum Gasteiger partial charge on any atom is -0.383 e. The van der Waals surface area contributed by atoms with Crippen LogP contribution in [0.1, 0.15) is 11.5 Å². The molecule has 2 aromatic rings. The molecule has 2 heterocycles. The lowest BCUT2D eigenvalue weighted by atomic mass is 10.2. The van der Waals surface area contributed by atoms with Gasteiger partial charge in [-0.25, -0.2) is 14.6 Å². The number of nitrogens with two attached hydrogens (primary N) is 1. The average molecular weight is 231 g/mol. The maximum Gasteiger partial charge on any atom is 0.435 e. The van der Waals surface area contributed by atoms with Crippen molar-refractivity contribution in [2.75, 3.05) is 5.73 Å². The van der Waals surface area contributed by atoms with E-state index in [-0.39, 0.29) is 16.9 Å². The maximum absolute atomic E-state index is 12.6. The highest BCUT2D eigenvalue weighted by molar-refractivity contribution is 5.88. The minimum absolute atomic E-state index is 0.0809. The van der Waals surface area contributed by atoms with Crippen molar-refractivity contribution in [1.82, 2.24) is 19.7 Å². The molecule has 0 amide bonds. The summed E-state index contributed by atoms with van der Waals surface area (Å²) in [7, 11) is 1.38. The monoisotopic (exact) mass is 231 g/mol. The van der Waals surface area contributed by atoms with E-state index >= 15 is 0 Å². The number of hydrogen-bond donors (Lipinski definition) is 1. The van der Waals surface area contributed by atoms with Gasteiger partial charge in [-0.1, -0.05) is 0 Å². The van der Waals surface area contributed by atoms with Crippen LogP contribution in [0.15, 0.2) is 0 Å². The second-order valence-corrected chi connectivity index (χ2v) is 3.32. The van der Waals surface area contributed by atoms with E-state index in [1.165, 1.54) is 7.05 Å². The SMILES string of the molecule is Cc1nc(N)c2c(C(F)(F)F)nn(C)c2n1. The van der Waals surface area contributed by atoms with Gasteiger partial charge in [-0.05, 0) is 6.92 Å². The van der Waals surface area contributed by atoms with E-state index in [0.29, 0.717) is 5.82 Å². The van der Waals surface area contributed by atoms with Gasteiger partial charge in [0.25, 0.3) is 0 Å². The van der Waals surface area contributed by atoms with Crippen molar-refractivity contribution in [2.24, 2.45) is 7.05 Å². The number of halogens is 3. The maximum atomic E-state index is 12.6. The average Bonchev–Trinajstić information content (AvgIpc) is 2.43. The highest BCUT2D eigenvalue weighted by atomic mass is 19.4. The van der Waals surface area contributed by atoms with Gasteiger partial charge in [0.2, 0.25) is 0 Å². The quantitative estimate of drug-likeness (QED) is 0.741. The summed E-state index contributed by atoms with van der Waals surface area (Å²) < 4.78 is 38.9. The largest absolute Gasteiger partial charge is 0.435 e. The summed E-state index contributed by atoms with van der Waals surface area (Å²) in [5, 5.41) is 3.12. The molecule has 16 heavy (non-hydrogen) atoms. The lowest BCUT2D eigenvalue weighted by Gasteiger charge is -2.03. The Labute approximate surface area is 88.1 Å². The van der Waals surface area contributed by atoms with E-state index in [2.05, 4.69) is 15.1 Å². The predicted octanol–water partition coefficient (Wildman–Crippen LogP) is 1.27. The van der Waals surface area contributed by atoms with E-state index in [1.807, 2.05) is 0 Å². The molecule has 0 saturated heterocycles. The normalized spacial score (nSPS) is 12.3. The topological polar surface area (TPSA) is 69.6 Å². The van der Waals surface area contributed by atoms with Crippen LogP contribution >= 0.6 is 0 Å². The number of aromatic nitrogens is 4. The van der Waals surface area contributed by atoms with Crippen LogP contribution in [0.3, 0.4) is 0 Å². The number of anilines is 1. The highest BCUT2D eigenvalue weighted by Crippen LogP contribution is 2.35. The Kier molecular flexibility index (Phi) is 2.04. The summed E-state index contributed by atoms with van der Waals surface area (Å²) >= 11 is 0. The van der Waals surface area contributed by atoms with Crippen LogP contribution in [0.25, 0.3) is 11.0 Å². The van der Waals surface area contributed by atoms with E-state index in [0.717, 1.165) is 4.68 Å². The molecule has 86 valence electrons. The van der Waals surface area contributed by atoms with Crippen molar-refractivity contribution < 1.29 is 13.2 Å². The first-order valence-electron chi connectivity index (χ1n) is 4.34. The molecule has 2 N–H and O–H groups in total. The number of rotatable bonds is 0. The summed E-state index contributed by atoms with van der Waals surface area (Å²) in [4.78, 5) is 7.58. The van der Waals surface area contributed by atoms with Gasteiger partial charge in [0.15, 0.2) is 11.3 Å². The van der Waals surface area contributed by atoms with Gasteiger partial charge >= 0.3 is 6.18 Å². The third kappa shape index (κ3) is 1.46. The number of nitrogen functional groups attached to an aromatic ring is 1. The van der Waals surface area contributed by atoms with Crippen LogP contribution in [0.4, 0.5) is 19.0 Å². The van der Waals surface area contributed by atoms with Gasteiger partial charge in [0.1, 0.15) is 11.6 Å². The second kappa shape index (κ2) is 3.06. The molecule has 0 aliphatic heterocycles. The Morgan fingerprint density at radius 1 is 1.25 bits per heavy atom. The van der Waals surface area contributed by atoms with Gasteiger partial charge in [-0.3, -0.25) is 0 Å². The number of aryl methyl sites for hydroxylation is 2. The minimum atomic E-state index is -4.56. The van der Waals surface area contributed by atoms with Crippen LogP contribution in [0.2, 0.25) is 0 Å². The van der Waals surface area contributed by atoms with Crippen molar-refractivity contribution in [2.45, 2.75) is 13.1 Å². The van der Waals surface area contributed by atoms with Crippen LogP contribution in [-0.4, -0.2) is 19.7 Å². The molecule has 0 saturated carbocycles. The molecule has 0 aliphatic rings. The third-order valence-corrected chi connectivity index (χ3v) is 2.09. The summed E-state index contributed by atoms with van der Waals surface area (Å²) in [6.45, 7) is 1.55. The van der Waals surface area contributed by atoms with Gasteiger partial charge in [-0.2, -0.15) is 18.3 Å². The summed E-state index contributed by atoms with van der Waals surface area (Å²) in [5.41, 5.74) is 4.49. The zero-order valence-electron chi connectivity index (χ0n) is 8.50. The fourth-order valence-electron chi connectivity index (χ4n) is 1.49. The van der Waals surface area contributed by atoms with E-state index in [4.69, 9.17) is 5.73 Å². The van der Waals surface area contributed by atoms with Crippen LogP contribution in [0, 0.1) is 6.92 Å². The van der Waals surface area contributed by atoms with Gasteiger partial charge in [0.05, 0.1) is 5.39 Å². The molecule has 2 rings (SSSR count). The molecule has 0 fully saturated rings. The Hall–Kier alpha value is -1.86. The molecule has 0 aromatic carbocycles. The fraction of sp³-hybridized carbons (Fsp3) is 0.375. The van der Waals surface area contributed by atoms with Crippen LogP contribution in [0.5, 0.6) is 0 Å². The molecule has 0 unspecified atom stereocenters. The van der Waals surface area contributed by atoms with Crippen molar-refractivity contribution in [3.63, 3.8) is 0 Å². The number of fused-ring (bicyclic) bond motifs is 1. The molecule has 0 spiro atoms. The lowest BCUT2D eigenvalue weighted by molar-refractivity contribution is -0.140. The van der Waals surface area contributed by atoms with E-state index in [9.17, 15) is 13.2 Å². The first-order chi connectivity index (χ1) is 7.30. The Bertz CT molecular complexity index is 557. The first kappa shape index (κ1) is 10.7. The molecular weight excluding hydrogens is 223 g/mol. The molecule has 0 bridgehead atoms. The summed E-state index contributed by atoms with van der Waals surface area (Å²) in [6, 6.07) is 0. The zero-order chi connectivity index (χ0) is 12.1. The highest BCUT2D eigenvalue weighted by Gasteiger charge is 2.38. The first-order valence-corrected chi connectivity index (χ1v) is 4.34. The molecule has 0 aliphatic carbocycles. The molecule has 5 nitrogen and oxygen atoms in total. The van der Waals surface area contributed by atoms with Gasteiger partial charge < -0.3 is 5.73 Å². The molecule has 2 aromatic heterocycles. The van der Waals surface area contributed by atoms with Gasteiger partial charge in [0, 0.05) is 7.05 Å². The number of nitrogens with zero attached hydrogens (tertiary/aromatic N) is 4. The van der Waals surface area contributed by atoms with Crippen LogP contribution < -0.4 is 5.73 Å². The van der Waals surface area contributed by atoms with E-state index < -0.39 is 11.9 Å². The number of alkyl halides is 3. The molecule has 0 atom stereocenters. The van der Waals surface area contributed by atoms with Crippen LogP contribution in [-0.2, 0) is 13.2 Å². The third-order valence-electron chi connectivity index (χ3n) is 2.09. The summed E-state index contributed by atoms with van der Waals surface area (Å²) in [5.74, 6) is 0.102. The van der Waals surface area contributed by atoms with E-state index in [1.54, 1.807) is 6.92 Å². The Balaban J connectivity index is 2.89. The van der Waals surface area contributed by atoms with Crippen molar-refractivity contribution in [3.05, 3.63) is 11.5 Å². The fourth-order valence-corrected chi connectivity index (χ4v) is 1.49. The van der Waals surface area contributed by atoms with Crippen molar-refractivity contribution in [3.8, 4) is 0 Å². The predicted molar refractivity (Wildman–Crippen MR) is 50.5 cm³/mol. The number of hydrogen-bond acceptors (Lipinski definition) is 4. The smallest absolute Gasteiger partial charge is 0.383 e. The molecule has 8 heteroatoms. The Morgan fingerprint density at radius 2 is 1.88 bits per heavy atom. The van der Waals surface area contributed by atoms with Crippen molar-refractivity contribution >= 4 is 16.9 Å². The second-order valence-electron chi connectivity index (χ2n) is 3.32. The molecule has 0 radical (unpaired) electrons. The summed E-state index contributed by atoms with van der Waals surface area (Å²) in [6.07, 6.45) is -4.56. The molecular formula is C8H8F3N5. The zero-order valence-corrected chi connectivity index (χ0v) is 8.50. The Morgan fingerprint density at radius 3 is 2.44 bits per heavy atom.